The fraction of sp³-hybridized carbons (Fsp3) is 0.357. The van der Waals surface area contributed by atoms with E-state index >= 15 is 0 Å². The van der Waals surface area contributed by atoms with Gasteiger partial charge in [-0.1, -0.05) is 0 Å². The van der Waals surface area contributed by atoms with Crippen LogP contribution in [0.3, 0.4) is 0 Å². The van der Waals surface area contributed by atoms with E-state index in [4.69, 9.17) is 15.2 Å². The van der Waals surface area contributed by atoms with Crippen LogP contribution in [0, 0.1) is 0 Å². The standard InChI is InChI=1S/C14H16N2O2/c15-12-3-4-13(11-2-1-7-16-14(11)12)18-10-5-8-17-9-6-10/h1-4,7,10H,5-6,8-9,15H2. The van der Waals surface area contributed by atoms with Crippen molar-refractivity contribution in [2.75, 3.05) is 18.9 Å². The molecule has 18 heavy (non-hydrogen) atoms. The molecule has 0 atom stereocenters. The maximum absolute atomic E-state index is 6.05. The predicted octanol–water partition coefficient (Wildman–Crippen LogP) is 2.37. The van der Waals surface area contributed by atoms with Crippen LogP contribution in [0.4, 0.5) is 5.69 Å². The summed E-state index contributed by atoms with van der Waals surface area (Å²) < 4.78 is 11.4. The first-order chi connectivity index (χ1) is 8.84. The Labute approximate surface area is 106 Å². The third-order valence-electron chi connectivity index (χ3n) is 3.22. The van der Waals surface area contributed by atoms with E-state index in [9.17, 15) is 0 Å². The smallest absolute Gasteiger partial charge is 0.129 e. The number of nitrogens with two attached hydrogens (primary N) is 1. The topological polar surface area (TPSA) is 57.4 Å². The van der Waals surface area contributed by atoms with E-state index in [1.807, 2.05) is 24.3 Å². The third kappa shape index (κ3) is 2.11. The molecular weight excluding hydrogens is 228 g/mol. The van der Waals surface area contributed by atoms with Crippen LogP contribution in [-0.4, -0.2) is 24.3 Å². The molecule has 3 rings (SSSR count). The summed E-state index contributed by atoms with van der Waals surface area (Å²) in [4.78, 5) is 4.30. The molecule has 0 bridgehead atoms. The van der Waals surface area contributed by atoms with Crippen molar-refractivity contribution in [3.63, 3.8) is 0 Å². The van der Waals surface area contributed by atoms with Gasteiger partial charge < -0.3 is 15.2 Å². The summed E-state index contributed by atoms with van der Waals surface area (Å²) in [5.41, 5.74) is 7.41. The van der Waals surface area contributed by atoms with Gasteiger partial charge in [0.05, 0.1) is 24.4 Å². The summed E-state index contributed by atoms with van der Waals surface area (Å²) in [6, 6.07) is 7.67. The molecular formula is C14H16N2O2. The van der Waals surface area contributed by atoms with E-state index in [1.54, 1.807) is 6.20 Å². The zero-order valence-corrected chi connectivity index (χ0v) is 10.1. The van der Waals surface area contributed by atoms with Crippen molar-refractivity contribution in [3.8, 4) is 5.75 Å². The Morgan fingerprint density at radius 3 is 2.89 bits per heavy atom. The lowest BCUT2D eigenvalue weighted by molar-refractivity contribution is 0.0262. The Kier molecular flexibility index (Phi) is 3.02. The lowest BCUT2D eigenvalue weighted by atomic mass is 10.1. The summed E-state index contributed by atoms with van der Waals surface area (Å²) in [6.07, 6.45) is 3.85. The highest BCUT2D eigenvalue weighted by molar-refractivity contribution is 5.93. The summed E-state index contributed by atoms with van der Waals surface area (Å²) in [5.74, 6) is 0.860. The minimum absolute atomic E-state index is 0.228. The van der Waals surface area contributed by atoms with Gasteiger partial charge in [-0.25, -0.2) is 0 Å². The fourth-order valence-electron chi connectivity index (χ4n) is 2.24. The highest BCUT2D eigenvalue weighted by Gasteiger charge is 2.16. The monoisotopic (exact) mass is 244 g/mol. The predicted molar refractivity (Wildman–Crippen MR) is 70.6 cm³/mol. The number of aromatic nitrogens is 1. The molecule has 1 saturated heterocycles. The van der Waals surface area contributed by atoms with Crippen molar-refractivity contribution < 1.29 is 9.47 Å². The molecule has 4 heteroatoms. The molecule has 2 aromatic rings. The average molecular weight is 244 g/mol. The van der Waals surface area contributed by atoms with Crippen molar-refractivity contribution in [1.82, 2.24) is 4.98 Å². The lowest BCUT2D eigenvalue weighted by Gasteiger charge is -2.24. The molecule has 0 unspecified atom stereocenters. The minimum Gasteiger partial charge on any atom is -0.490 e. The molecule has 4 nitrogen and oxygen atoms in total. The highest BCUT2D eigenvalue weighted by atomic mass is 16.5. The number of rotatable bonds is 2. The van der Waals surface area contributed by atoms with Gasteiger partial charge in [0.1, 0.15) is 11.9 Å². The van der Waals surface area contributed by atoms with Gasteiger partial charge >= 0.3 is 0 Å². The van der Waals surface area contributed by atoms with Crippen LogP contribution in [-0.2, 0) is 4.74 Å². The maximum Gasteiger partial charge on any atom is 0.129 e. The SMILES string of the molecule is Nc1ccc(OC2CCOCC2)c2cccnc12. The lowest BCUT2D eigenvalue weighted by Crippen LogP contribution is -2.25. The largest absolute Gasteiger partial charge is 0.490 e. The molecule has 0 saturated carbocycles. The van der Waals surface area contributed by atoms with Crippen LogP contribution in [0.5, 0.6) is 5.75 Å². The molecule has 0 aliphatic carbocycles. The number of nitrogen functional groups attached to an aromatic ring is 1. The Balaban J connectivity index is 1.94. The summed E-state index contributed by atoms with van der Waals surface area (Å²) in [5, 5.41) is 0.976. The molecule has 0 spiro atoms. The summed E-state index contributed by atoms with van der Waals surface area (Å²) in [6.45, 7) is 1.55. The van der Waals surface area contributed by atoms with Gasteiger partial charge in [-0.15, -0.1) is 0 Å². The van der Waals surface area contributed by atoms with E-state index in [0.29, 0.717) is 5.69 Å². The van der Waals surface area contributed by atoms with E-state index in [1.165, 1.54) is 0 Å². The molecule has 0 amide bonds. The maximum atomic E-state index is 6.05. The van der Waals surface area contributed by atoms with Crippen molar-refractivity contribution >= 4 is 16.6 Å². The molecule has 0 radical (unpaired) electrons. The first-order valence-corrected chi connectivity index (χ1v) is 6.22. The van der Waals surface area contributed by atoms with Crippen LogP contribution < -0.4 is 10.5 Å². The number of hydrogen-bond acceptors (Lipinski definition) is 4. The Morgan fingerprint density at radius 2 is 2.06 bits per heavy atom. The number of pyridine rings is 1. The quantitative estimate of drug-likeness (QED) is 0.824. The van der Waals surface area contributed by atoms with Gasteiger partial charge in [0, 0.05) is 24.4 Å². The number of ether oxygens (including phenoxy) is 2. The van der Waals surface area contributed by atoms with Gasteiger partial charge in [-0.3, -0.25) is 4.98 Å². The number of fused-ring (bicyclic) bond motifs is 1. The Hall–Kier alpha value is -1.81. The molecule has 1 aromatic heterocycles. The van der Waals surface area contributed by atoms with E-state index < -0.39 is 0 Å². The van der Waals surface area contributed by atoms with Crippen molar-refractivity contribution in [2.45, 2.75) is 18.9 Å². The molecule has 94 valence electrons. The van der Waals surface area contributed by atoms with Gasteiger partial charge in [0.25, 0.3) is 0 Å². The van der Waals surface area contributed by atoms with Crippen LogP contribution in [0.15, 0.2) is 30.5 Å². The number of hydrogen-bond donors (Lipinski definition) is 1. The second-order valence-corrected chi connectivity index (χ2v) is 4.48. The van der Waals surface area contributed by atoms with Gasteiger partial charge in [-0.2, -0.15) is 0 Å². The molecule has 2 N–H and O–H groups in total. The first kappa shape index (κ1) is 11.3. The van der Waals surface area contributed by atoms with Crippen LogP contribution in [0.1, 0.15) is 12.8 Å². The van der Waals surface area contributed by atoms with Gasteiger partial charge in [-0.05, 0) is 24.3 Å². The number of nitrogens with zero attached hydrogens (tertiary/aromatic N) is 1. The Morgan fingerprint density at radius 1 is 1.22 bits per heavy atom. The van der Waals surface area contributed by atoms with E-state index in [0.717, 1.165) is 42.7 Å². The van der Waals surface area contributed by atoms with Crippen molar-refractivity contribution in [2.24, 2.45) is 0 Å². The molecule has 1 aliphatic heterocycles. The van der Waals surface area contributed by atoms with Crippen LogP contribution >= 0.6 is 0 Å². The number of anilines is 1. The normalized spacial score (nSPS) is 16.9. The molecule has 1 aliphatic rings. The fourth-order valence-corrected chi connectivity index (χ4v) is 2.24. The third-order valence-corrected chi connectivity index (χ3v) is 3.22. The molecule has 1 fully saturated rings. The highest BCUT2D eigenvalue weighted by Crippen LogP contribution is 2.30. The molecule has 2 heterocycles. The van der Waals surface area contributed by atoms with Crippen molar-refractivity contribution in [1.29, 1.82) is 0 Å². The second-order valence-electron chi connectivity index (χ2n) is 4.48. The van der Waals surface area contributed by atoms with Gasteiger partial charge in [0.15, 0.2) is 0 Å². The zero-order chi connectivity index (χ0) is 12.4. The van der Waals surface area contributed by atoms with Crippen molar-refractivity contribution in [3.05, 3.63) is 30.5 Å². The van der Waals surface area contributed by atoms with Gasteiger partial charge in [0.2, 0.25) is 0 Å². The minimum atomic E-state index is 0.228. The summed E-state index contributed by atoms with van der Waals surface area (Å²) >= 11 is 0. The zero-order valence-electron chi connectivity index (χ0n) is 10.1. The first-order valence-electron chi connectivity index (χ1n) is 6.22. The van der Waals surface area contributed by atoms with Crippen LogP contribution in [0.2, 0.25) is 0 Å². The molecule has 1 aromatic carbocycles. The van der Waals surface area contributed by atoms with Crippen LogP contribution in [0.25, 0.3) is 10.9 Å². The Bertz CT molecular complexity index is 550. The number of benzene rings is 1. The summed E-state index contributed by atoms with van der Waals surface area (Å²) in [7, 11) is 0. The van der Waals surface area contributed by atoms with E-state index in [-0.39, 0.29) is 6.10 Å². The average Bonchev–Trinajstić information content (AvgIpc) is 2.44. The van der Waals surface area contributed by atoms with E-state index in [2.05, 4.69) is 4.98 Å². The second kappa shape index (κ2) is 4.82.